The van der Waals surface area contributed by atoms with Gasteiger partial charge in [0.25, 0.3) is 0 Å². The fourth-order valence-corrected chi connectivity index (χ4v) is 6.92. The summed E-state index contributed by atoms with van der Waals surface area (Å²) in [7, 11) is 0. The second-order valence-corrected chi connectivity index (χ2v) is 10.5. The van der Waals surface area contributed by atoms with Crippen molar-refractivity contribution in [1.29, 1.82) is 0 Å². The van der Waals surface area contributed by atoms with Crippen LogP contribution in [0, 0.1) is 0 Å². The highest BCUT2D eigenvalue weighted by Crippen LogP contribution is 2.47. The minimum atomic E-state index is 1.19. The zero-order valence-corrected chi connectivity index (χ0v) is 21.2. The van der Waals surface area contributed by atoms with Crippen LogP contribution in [0.1, 0.15) is 0 Å². The minimum Gasteiger partial charge on any atom is -0.309 e. The van der Waals surface area contributed by atoms with Gasteiger partial charge in [0.05, 0.1) is 11.0 Å². The molecule has 8 aromatic carbocycles. The molecule has 0 N–H and O–H groups in total. The van der Waals surface area contributed by atoms with Crippen LogP contribution >= 0.6 is 0 Å². The summed E-state index contributed by atoms with van der Waals surface area (Å²) in [5.41, 5.74) is 3.70. The van der Waals surface area contributed by atoms with E-state index >= 15 is 0 Å². The minimum absolute atomic E-state index is 1.19. The van der Waals surface area contributed by atoms with Gasteiger partial charge in [0.1, 0.15) is 0 Å². The van der Waals surface area contributed by atoms with Gasteiger partial charge < -0.3 is 4.57 Å². The summed E-state index contributed by atoms with van der Waals surface area (Å²) in [6.07, 6.45) is 0. The van der Waals surface area contributed by atoms with Crippen molar-refractivity contribution in [3.63, 3.8) is 0 Å². The van der Waals surface area contributed by atoms with Gasteiger partial charge in [0.2, 0.25) is 0 Å². The molecule has 0 bridgehead atoms. The molecule has 0 aliphatic rings. The van der Waals surface area contributed by atoms with Gasteiger partial charge in [-0.05, 0) is 61.3 Å². The standard InChI is InChI=1S/C38H23N/c1-2-12-25-23-26(22-21-24(25)11-1)39-34-20-10-9-19-33(34)37-36-30-16-6-4-14-28(30)27-13-3-5-15-29(27)35(36)31-17-7-8-18-32(31)38(37)39/h1-23H. The van der Waals surface area contributed by atoms with Crippen LogP contribution in [0.15, 0.2) is 140 Å². The Labute approximate surface area is 225 Å². The van der Waals surface area contributed by atoms with E-state index in [-0.39, 0.29) is 0 Å². The molecule has 0 aliphatic carbocycles. The molecule has 0 atom stereocenters. The van der Waals surface area contributed by atoms with Crippen molar-refractivity contribution in [3.05, 3.63) is 140 Å². The average Bonchev–Trinajstić information content (AvgIpc) is 3.36. The van der Waals surface area contributed by atoms with E-state index in [2.05, 4.69) is 144 Å². The molecular weight excluding hydrogens is 470 g/mol. The van der Waals surface area contributed by atoms with Gasteiger partial charge in [0.15, 0.2) is 0 Å². The predicted molar refractivity (Wildman–Crippen MR) is 168 cm³/mol. The summed E-state index contributed by atoms with van der Waals surface area (Å²) in [5, 5.41) is 15.6. The van der Waals surface area contributed by atoms with E-state index in [1.165, 1.54) is 81.4 Å². The Morgan fingerprint density at radius 1 is 0.333 bits per heavy atom. The summed E-state index contributed by atoms with van der Waals surface area (Å²) in [6.45, 7) is 0. The first kappa shape index (κ1) is 20.9. The summed E-state index contributed by atoms with van der Waals surface area (Å²) >= 11 is 0. The van der Waals surface area contributed by atoms with Gasteiger partial charge in [-0.2, -0.15) is 0 Å². The number of hydrogen-bond acceptors (Lipinski definition) is 0. The van der Waals surface area contributed by atoms with Crippen LogP contribution in [-0.4, -0.2) is 4.57 Å². The first-order valence-electron chi connectivity index (χ1n) is 13.5. The molecule has 1 nitrogen and oxygen atoms in total. The number of aromatic nitrogens is 1. The molecule has 0 unspecified atom stereocenters. The van der Waals surface area contributed by atoms with Crippen LogP contribution in [0.3, 0.4) is 0 Å². The SMILES string of the molecule is c1ccc2cc(-n3c4ccccc4c4c5c6ccccc6c6ccccc6c5c5ccccc5c43)ccc2c1. The van der Waals surface area contributed by atoms with Crippen molar-refractivity contribution in [1.82, 2.24) is 4.57 Å². The lowest BCUT2D eigenvalue weighted by atomic mass is 9.88. The average molecular weight is 494 g/mol. The Bertz CT molecular complexity index is 2440. The summed E-state index contributed by atoms with van der Waals surface area (Å²) in [6, 6.07) is 51.2. The van der Waals surface area contributed by atoms with Crippen molar-refractivity contribution in [2.24, 2.45) is 0 Å². The number of rotatable bonds is 1. The molecule has 180 valence electrons. The van der Waals surface area contributed by atoms with Crippen LogP contribution in [0.2, 0.25) is 0 Å². The molecule has 9 aromatic rings. The van der Waals surface area contributed by atoms with Crippen molar-refractivity contribution < 1.29 is 0 Å². The fraction of sp³-hybridized carbons (Fsp3) is 0. The molecule has 0 saturated heterocycles. The molecule has 1 heteroatoms. The van der Waals surface area contributed by atoms with Crippen LogP contribution < -0.4 is 0 Å². The maximum atomic E-state index is 2.49. The molecule has 1 heterocycles. The highest BCUT2D eigenvalue weighted by Gasteiger charge is 2.21. The second-order valence-electron chi connectivity index (χ2n) is 10.5. The summed E-state index contributed by atoms with van der Waals surface area (Å²) in [5.74, 6) is 0. The molecule has 39 heavy (non-hydrogen) atoms. The maximum Gasteiger partial charge on any atom is 0.0626 e. The van der Waals surface area contributed by atoms with Gasteiger partial charge in [-0.25, -0.2) is 0 Å². The lowest BCUT2D eigenvalue weighted by Gasteiger charge is -2.16. The Hall–Kier alpha value is -5.14. The van der Waals surface area contributed by atoms with Gasteiger partial charge in [-0.1, -0.05) is 121 Å². The van der Waals surface area contributed by atoms with Crippen LogP contribution in [0.4, 0.5) is 0 Å². The lowest BCUT2D eigenvalue weighted by Crippen LogP contribution is -1.95. The molecule has 0 amide bonds. The largest absolute Gasteiger partial charge is 0.309 e. The monoisotopic (exact) mass is 493 g/mol. The predicted octanol–water partition coefficient (Wildman–Crippen LogP) is 10.5. The molecule has 0 spiro atoms. The van der Waals surface area contributed by atoms with Gasteiger partial charge in [-0.15, -0.1) is 0 Å². The normalized spacial score (nSPS) is 12.1. The molecule has 9 rings (SSSR count). The molecule has 0 aliphatic heterocycles. The molecule has 1 aromatic heterocycles. The Kier molecular flexibility index (Phi) is 4.11. The number of fused-ring (bicyclic) bond motifs is 14. The van der Waals surface area contributed by atoms with Crippen molar-refractivity contribution in [2.75, 3.05) is 0 Å². The van der Waals surface area contributed by atoms with E-state index < -0.39 is 0 Å². The number of hydrogen-bond donors (Lipinski definition) is 0. The van der Waals surface area contributed by atoms with E-state index in [9.17, 15) is 0 Å². The zero-order chi connectivity index (χ0) is 25.5. The van der Waals surface area contributed by atoms with E-state index in [1.807, 2.05) is 0 Å². The highest BCUT2D eigenvalue weighted by atomic mass is 15.0. The Balaban J connectivity index is 1.64. The third-order valence-corrected chi connectivity index (χ3v) is 8.50. The van der Waals surface area contributed by atoms with Crippen LogP contribution in [0.25, 0.3) is 81.4 Å². The van der Waals surface area contributed by atoms with Crippen molar-refractivity contribution in [3.8, 4) is 5.69 Å². The lowest BCUT2D eigenvalue weighted by molar-refractivity contribution is 1.19. The fourth-order valence-electron chi connectivity index (χ4n) is 6.92. The Morgan fingerprint density at radius 3 is 1.56 bits per heavy atom. The Morgan fingerprint density at radius 2 is 0.846 bits per heavy atom. The number of nitrogens with zero attached hydrogens (tertiary/aromatic N) is 1. The first-order chi connectivity index (χ1) is 19.4. The molecule has 0 radical (unpaired) electrons. The maximum absolute atomic E-state index is 2.49. The number of para-hydroxylation sites is 1. The van der Waals surface area contributed by atoms with E-state index in [0.717, 1.165) is 0 Å². The van der Waals surface area contributed by atoms with Gasteiger partial charge in [0, 0.05) is 27.2 Å². The molecular formula is C38H23N. The molecule has 0 fully saturated rings. The van der Waals surface area contributed by atoms with Gasteiger partial charge >= 0.3 is 0 Å². The van der Waals surface area contributed by atoms with Crippen molar-refractivity contribution in [2.45, 2.75) is 0 Å². The topological polar surface area (TPSA) is 4.93 Å². The van der Waals surface area contributed by atoms with Crippen molar-refractivity contribution >= 4 is 75.7 Å². The van der Waals surface area contributed by atoms with E-state index in [4.69, 9.17) is 0 Å². The summed E-state index contributed by atoms with van der Waals surface area (Å²) in [4.78, 5) is 0. The second kappa shape index (κ2) is 7.69. The van der Waals surface area contributed by atoms with E-state index in [1.54, 1.807) is 0 Å². The molecule has 0 saturated carbocycles. The van der Waals surface area contributed by atoms with Gasteiger partial charge in [-0.3, -0.25) is 0 Å². The number of benzene rings is 8. The van der Waals surface area contributed by atoms with E-state index in [0.29, 0.717) is 0 Å². The van der Waals surface area contributed by atoms with Crippen LogP contribution in [-0.2, 0) is 0 Å². The first-order valence-corrected chi connectivity index (χ1v) is 13.5. The van der Waals surface area contributed by atoms with Crippen LogP contribution in [0.5, 0.6) is 0 Å². The third-order valence-electron chi connectivity index (χ3n) is 8.50. The quantitative estimate of drug-likeness (QED) is 0.200. The highest BCUT2D eigenvalue weighted by molar-refractivity contribution is 6.42. The smallest absolute Gasteiger partial charge is 0.0626 e. The summed E-state index contributed by atoms with van der Waals surface area (Å²) < 4.78 is 2.49. The zero-order valence-electron chi connectivity index (χ0n) is 21.2. The third kappa shape index (κ3) is 2.74.